The molecule has 1 saturated carbocycles. The van der Waals surface area contributed by atoms with Gasteiger partial charge in [-0.15, -0.1) is 0 Å². The second kappa shape index (κ2) is 6.25. The zero-order valence-corrected chi connectivity index (χ0v) is 13.7. The van der Waals surface area contributed by atoms with E-state index in [4.69, 9.17) is 4.74 Å². The first-order valence-electron chi connectivity index (χ1n) is 8.55. The molecule has 3 nitrogen and oxygen atoms in total. The van der Waals surface area contributed by atoms with E-state index in [2.05, 4.69) is 52.7 Å². The van der Waals surface area contributed by atoms with Crippen molar-refractivity contribution in [3.63, 3.8) is 0 Å². The van der Waals surface area contributed by atoms with Gasteiger partial charge in [0.25, 0.3) is 0 Å². The second-order valence-corrected chi connectivity index (χ2v) is 6.60. The lowest BCUT2D eigenvalue weighted by Crippen LogP contribution is -2.30. The number of hydrogen-bond donors (Lipinski definition) is 1. The average Bonchev–Trinajstić information content (AvgIpc) is 3.43. The van der Waals surface area contributed by atoms with Crippen LogP contribution in [0.4, 0.5) is 5.69 Å². The predicted molar refractivity (Wildman–Crippen MR) is 94.1 cm³/mol. The Balaban J connectivity index is 1.53. The molecule has 0 aromatic heterocycles. The van der Waals surface area contributed by atoms with Crippen molar-refractivity contribution in [2.24, 2.45) is 0 Å². The van der Waals surface area contributed by atoms with Gasteiger partial charge in [-0.3, -0.25) is 0 Å². The monoisotopic (exact) mass is 308 g/mol. The fraction of sp³-hybridized carbons (Fsp3) is 0.400. The molecule has 0 spiro atoms. The van der Waals surface area contributed by atoms with Crippen LogP contribution in [0.25, 0.3) is 0 Å². The number of nitrogens with zero attached hydrogens (tertiary/aromatic N) is 1. The van der Waals surface area contributed by atoms with Crippen LogP contribution in [0.15, 0.2) is 42.5 Å². The highest BCUT2D eigenvalue weighted by Crippen LogP contribution is 2.33. The van der Waals surface area contributed by atoms with Crippen molar-refractivity contribution in [2.75, 3.05) is 18.6 Å². The lowest BCUT2D eigenvalue weighted by molar-refractivity contribution is 0.413. The number of hydrogen-bond acceptors (Lipinski definition) is 3. The van der Waals surface area contributed by atoms with Gasteiger partial charge in [0.2, 0.25) is 0 Å². The van der Waals surface area contributed by atoms with Crippen LogP contribution >= 0.6 is 0 Å². The summed E-state index contributed by atoms with van der Waals surface area (Å²) in [5.74, 6) is 0.986. The molecule has 0 radical (unpaired) electrons. The van der Waals surface area contributed by atoms with Gasteiger partial charge in [0.1, 0.15) is 5.75 Å². The Labute approximate surface area is 138 Å². The molecule has 0 unspecified atom stereocenters. The van der Waals surface area contributed by atoms with Gasteiger partial charge >= 0.3 is 0 Å². The molecular weight excluding hydrogens is 284 g/mol. The summed E-state index contributed by atoms with van der Waals surface area (Å²) in [6.45, 7) is 2.95. The molecule has 0 saturated heterocycles. The van der Waals surface area contributed by atoms with Gasteiger partial charge in [0, 0.05) is 25.7 Å². The third kappa shape index (κ3) is 3.20. The van der Waals surface area contributed by atoms with E-state index in [1.54, 1.807) is 7.11 Å². The van der Waals surface area contributed by atoms with Crippen LogP contribution in [-0.4, -0.2) is 19.7 Å². The lowest BCUT2D eigenvalue weighted by atomic mass is 9.99. The number of rotatable bonds is 5. The normalized spacial score (nSPS) is 17.0. The van der Waals surface area contributed by atoms with E-state index in [-0.39, 0.29) is 0 Å². The van der Waals surface area contributed by atoms with E-state index in [1.807, 2.05) is 0 Å². The predicted octanol–water partition coefficient (Wildman–Crippen LogP) is 3.51. The van der Waals surface area contributed by atoms with Crippen LogP contribution in [0.2, 0.25) is 0 Å². The molecule has 0 bridgehead atoms. The Kier molecular flexibility index (Phi) is 3.96. The van der Waals surface area contributed by atoms with Crippen molar-refractivity contribution in [1.82, 2.24) is 5.32 Å². The van der Waals surface area contributed by atoms with Gasteiger partial charge in [0.15, 0.2) is 0 Å². The molecule has 1 fully saturated rings. The minimum Gasteiger partial charge on any atom is -0.495 e. The summed E-state index contributed by atoms with van der Waals surface area (Å²) in [5.41, 5.74) is 5.42. The SMILES string of the molecule is COc1cc(CNC2CC2)ccc1N1CCc2ccccc2C1. The molecule has 1 aliphatic heterocycles. The number of anilines is 1. The summed E-state index contributed by atoms with van der Waals surface area (Å²) < 4.78 is 5.68. The zero-order valence-electron chi connectivity index (χ0n) is 13.7. The number of nitrogens with one attached hydrogen (secondary N) is 1. The summed E-state index contributed by atoms with van der Waals surface area (Å²) in [6, 6.07) is 16.1. The van der Waals surface area contributed by atoms with Gasteiger partial charge in [-0.25, -0.2) is 0 Å². The van der Waals surface area contributed by atoms with E-state index < -0.39 is 0 Å². The quantitative estimate of drug-likeness (QED) is 0.915. The smallest absolute Gasteiger partial charge is 0.142 e. The van der Waals surface area contributed by atoms with E-state index in [1.165, 1.54) is 35.2 Å². The molecule has 0 atom stereocenters. The van der Waals surface area contributed by atoms with E-state index in [0.29, 0.717) is 0 Å². The van der Waals surface area contributed by atoms with E-state index >= 15 is 0 Å². The molecule has 3 heteroatoms. The van der Waals surface area contributed by atoms with Gasteiger partial charge in [-0.05, 0) is 48.1 Å². The second-order valence-electron chi connectivity index (χ2n) is 6.60. The molecule has 1 aliphatic carbocycles. The minimum absolute atomic E-state index is 0.735. The maximum absolute atomic E-state index is 5.68. The third-order valence-corrected chi connectivity index (χ3v) is 4.89. The summed E-state index contributed by atoms with van der Waals surface area (Å²) >= 11 is 0. The summed E-state index contributed by atoms with van der Waals surface area (Å²) in [5, 5.41) is 3.57. The molecule has 120 valence electrons. The van der Waals surface area contributed by atoms with Crippen molar-refractivity contribution in [2.45, 2.75) is 38.4 Å². The maximum atomic E-state index is 5.68. The first kappa shape index (κ1) is 14.6. The largest absolute Gasteiger partial charge is 0.495 e. The van der Waals surface area contributed by atoms with E-state index in [0.717, 1.165) is 37.8 Å². The van der Waals surface area contributed by atoms with Crippen LogP contribution < -0.4 is 15.0 Å². The molecular formula is C20H24N2O. The standard InChI is InChI=1S/C20H24N2O/c1-23-20-12-15(13-21-18-7-8-18)6-9-19(20)22-11-10-16-4-2-3-5-17(16)14-22/h2-6,9,12,18,21H,7-8,10-11,13-14H2,1H3. The highest BCUT2D eigenvalue weighted by Gasteiger charge is 2.21. The first-order chi connectivity index (χ1) is 11.3. The van der Waals surface area contributed by atoms with Gasteiger partial charge in [-0.1, -0.05) is 30.3 Å². The van der Waals surface area contributed by atoms with Crippen LogP contribution in [0.5, 0.6) is 5.75 Å². The highest BCUT2D eigenvalue weighted by molar-refractivity contribution is 5.61. The van der Waals surface area contributed by atoms with Crippen molar-refractivity contribution >= 4 is 5.69 Å². The Morgan fingerprint density at radius 1 is 1.13 bits per heavy atom. The maximum Gasteiger partial charge on any atom is 0.142 e. The topological polar surface area (TPSA) is 24.5 Å². The van der Waals surface area contributed by atoms with Crippen molar-refractivity contribution in [3.05, 3.63) is 59.2 Å². The summed E-state index contributed by atoms with van der Waals surface area (Å²) in [4.78, 5) is 2.43. The van der Waals surface area contributed by atoms with Crippen molar-refractivity contribution in [1.29, 1.82) is 0 Å². The average molecular weight is 308 g/mol. The van der Waals surface area contributed by atoms with Crippen LogP contribution in [0, 0.1) is 0 Å². The van der Waals surface area contributed by atoms with Crippen molar-refractivity contribution < 1.29 is 4.74 Å². The van der Waals surface area contributed by atoms with Crippen LogP contribution in [-0.2, 0) is 19.5 Å². The van der Waals surface area contributed by atoms with Crippen LogP contribution in [0.1, 0.15) is 29.5 Å². The Morgan fingerprint density at radius 3 is 2.74 bits per heavy atom. The molecule has 1 N–H and O–H groups in total. The van der Waals surface area contributed by atoms with Gasteiger partial charge in [0.05, 0.1) is 12.8 Å². The molecule has 2 aromatic rings. The number of ether oxygens (including phenoxy) is 1. The number of benzene rings is 2. The zero-order chi connectivity index (χ0) is 15.6. The van der Waals surface area contributed by atoms with Crippen molar-refractivity contribution in [3.8, 4) is 5.75 Å². The molecule has 2 aromatic carbocycles. The minimum atomic E-state index is 0.735. The Hall–Kier alpha value is -2.00. The summed E-state index contributed by atoms with van der Waals surface area (Å²) in [7, 11) is 1.77. The number of fused-ring (bicyclic) bond motifs is 1. The third-order valence-electron chi connectivity index (χ3n) is 4.89. The van der Waals surface area contributed by atoms with Gasteiger partial charge in [-0.2, -0.15) is 0 Å². The fourth-order valence-electron chi connectivity index (χ4n) is 3.34. The molecule has 4 rings (SSSR count). The van der Waals surface area contributed by atoms with Gasteiger partial charge < -0.3 is 15.0 Å². The molecule has 0 amide bonds. The molecule has 23 heavy (non-hydrogen) atoms. The highest BCUT2D eigenvalue weighted by atomic mass is 16.5. The lowest BCUT2D eigenvalue weighted by Gasteiger charge is -2.32. The van der Waals surface area contributed by atoms with Crippen LogP contribution in [0.3, 0.4) is 0 Å². The van der Waals surface area contributed by atoms with E-state index in [9.17, 15) is 0 Å². The Bertz CT molecular complexity index is 694. The molecule has 1 heterocycles. The summed E-state index contributed by atoms with van der Waals surface area (Å²) in [6.07, 6.45) is 3.75. The Morgan fingerprint density at radius 2 is 1.96 bits per heavy atom. The fourth-order valence-corrected chi connectivity index (χ4v) is 3.34. The first-order valence-corrected chi connectivity index (χ1v) is 8.55. The molecule has 2 aliphatic rings. The number of methoxy groups -OCH3 is 1.